The number of rotatable bonds is 13. The van der Waals surface area contributed by atoms with Gasteiger partial charge in [-0.05, 0) is 80.7 Å². The van der Waals surface area contributed by atoms with Gasteiger partial charge >= 0.3 is 5.97 Å². The van der Waals surface area contributed by atoms with Crippen LogP contribution in [0.25, 0.3) is 5.57 Å². The number of aliphatic carboxylic acids is 1. The van der Waals surface area contributed by atoms with Crippen LogP contribution in [-0.2, 0) is 9.53 Å². The van der Waals surface area contributed by atoms with Crippen LogP contribution in [0, 0.1) is 11.8 Å². The lowest BCUT2D eigenvalue weighted by Gasteiger charge is -2.21. The number of nitrogens with zero attached hydrogens (tertiary/aromatic N) is 1. The minimum Gasteiger partial charge on any atom is -0.489 e. The highest BCUT2D eigenvalue weighted by Gasteiger charge is 2.30. The predicted octanol–water partition coefficient (Wildman–Crippen LogP) is 8.69. The number of likely N-dealkylation sites (tertiary alicyclic amines) is 1. The first-order valence-corrected chi connectivity index (χ1v) is 15.0. The minimum absolute atomic E-state index is 0.0261. The number of halogens is 2. The molecule has 1 heterocycles. The van der Waals surface area contributed by atoms with E-state index in [0.717, 1.165) is 60.7 Å². The van der Waals surface area contributed by atoms with E-state index in [2.05, 4.69) is 17.9 Å². The minimum atomic E-state index is -2.95. The second kappa shape index (κ2) is 17.3. The zero-order valence-electron chi connectivity index (χ0n) is 24.9. The first-order valence-electron chi connectivity index (χ1n) is 13.8. The molecule has 2 unspecified atom stereocenters. The molecule has 39 heavy (non-hydrogen) atoms. The number of hydrogen-bond acceptors (Lipinski definition) is 4. The number of carboxylic acid groups (broad SMARTS) is 1. The Kier molecular flexibility index (Phi) is 15.4. The average Bonchev–Trinajstić information content (AvgIpc) is 3.38. The number of ether oxygens (including phenoxy) is 1. The average molecular weight is 564 g/mol. The largest absolute Gasteiger partial charge is 0.489 e. The SMILES string of the molecule is C/C=C(OC/C(C)=C/C(=C(\SC)C(C)(F)F)c1ccccc1)\C(C)=C/C(CC)CN1CCC(C(=O)O)C1.CC. The smallest absolute Gasteiger partial charge is 0.307 e. The molecule has 0 saturated carbocycles. The molecule has 0 spiro atoms. The van der Waals surface area contributed by atoms with Crippen molar-refractivity contribution in [3.05, 3.63) is 75.9 Å². The molecule has 0 aliphatic carbocycles. The number of benzene rings is 1. The summed E-state index contributed by atoms with van der Waals surface area (Å²) in [5.41, 5.74) is 3.10. The van der Waals surface area contributed by atoms with Crippen molar-refractivity contribution in [2.75, 3.05) is 32.5 Å². The summed E-state index contributed by atoms with van der Waals surface area (Å²) < 4.78 is 35.0. The highest BCUT2D eigenvalue weighted by Crippen LogP contribution is 2.38. The lowest BCUT2D eigenvalue weighted by Crippen LogP contribution is -2.28. The van der Waals surface area contributed by atoms with Crippen LogP contribution in [0.15, 0.2) is 70.4 Å². The van der Waals surface area contributed by atoms with E-state index in [0.29, 0.717) is 18.5 Å². The second-order valence-corrected chi connectivity index (χ2v) is 10.6. The van der Waals surface area contributed by atoms with Gasteiger partial charge in [-0.3, -0.25) is 4.79 Å². The fraction of sp³-hybridized carbons (Fsp3) is 0.531. The van der Waals surface area contributed by atoms with E-state index in [4.69, 9.17) is 4.74 Å². The van der Waals surface area contributed by atoms with Gasteiger partial charge in [0.1, 0.15) is 12.4 Å². The summed E-state index contributed by atoms with van der Waals surface area (Å²) in [6, 6.07) is 9.25. The molecule has 2 rings (SSSR count). The first kappa shape index (κ1) is 34.6. The van der Waals surface area contributed by atoms with Crippen molar-refractivity contribution in [3.63, 3.8) is 0 Å². The molecule has 1 fully saturated rings. The lowest BCUT2D eigenvalue weighted by molar-refractivity contribution is -0.141. The zero-order chi connectivity index (χ0) is 29.6. The van der Waals surface area contributed by atoms with Crippen LogP contribution >= 0.6 is 11.8 Å². The van der Waals surface area contributed by atoms with Gasteiger partial charge in [0.15, 0.2) is 0 Å². The fourth-order valence-corrected chi connectivity index (χ4v) is 5.35. The molecule has 218 valence electrons. The maximum Gasteiger partial charge on any atom is 0.307 e. The molecular weight excluding hydrogens is 516 g/mol. The molecule has 0 radical (unpaired) electrons. The second-order valence-electron chi connectivity index (χ2n) is 9.74. The molecule has 1 aliphatic rings. The topological polar surface area (TPSA) is 49.8 Å². The van der Waals surface area contributed by atoms with Gasteiger partial charge in [0.05, 0.1) is 10.8 Å². The molecule has 7 heteroatoms. The van der Waals surface area contributed by atoms with Gasteiger partial charge in [0.2, 0.25) is 0 Å². The van der Waals surface area contributed by atoms with Gasteiger partial charge in [0.25, 0.3) is 5.92 Å². The number of alkyl halides is 2. The maximum atomic E-state index is 14.4. The van der Waals surface area contributed by atoms with Crippen molar-refractivity contribution in [2.45, 2.75) is 67.2 Å². The van der Waals surface area contributed by atoms with Crippen molar-refractivity contribution in [1.29, 1.82) is 0 Å². The summed E-state index contributed by atoms with van der Waals surface area (Å²) in [5, 5.41) is 9.27. The Balaban J connectivity index is 0.00000371. The molecule has 1 saturated heterocycles. The van der Waals surface area contributed by atoms with E-state index in [9.17, 15) is 18.7 Å². The quantitative estimate of drug-likeness (QED) is 0.192. The Morgan fingerprint density at radius 3 is 2.38 bits per heavy atom. The van der Waals surface area contributed by atoms with Crippen LogP contribution in [-0.4, -0.2) is 54.4 Å². The molecule has 0 bridgehead atoms. The van der Waals surface area contributed by atoms with E-state index in [-0.39, 0.29) is 23.3 Å². The molecular formula is C32H47F2NO3S. The molecule has 1 aromatic rings. The van der Waals surface area contributed by atoms with E-state index >= 15 is 0 Å². The lowest BCUT2D eigenvalue weighted by atomic mass is 10.0. The van der Waals surface area contributed by atoms with Crippen molar-refractivity contribution in [3.8, 4) is 0 Å². The predicted molar refractivity (Wildman–Crippen MR) is 162 cm³/mol. The van der Waals surface area contributed by atoms with Crippen LogP contribution in [0.2, 0.25) is 0 Å². The summed E-state index contributed by atoms with van der Waals surface area (Å²) in [6.07, 6.45) is 9.23. The molecule has 0 amide bonds. The number of allylic oxidation sites excluding steroid dienone is 5. The van der Waals surface area contributed by atoms with Crippen LogP contribution in [0.4, 0.5) is 8.78 Å². The highest BCUT2D eigenvalue weighted by molar-refractivity contribution is 8.02. The number of carboxylic acids is 1. The molecule has 0 aromatic heterocycles. The van der Waals surface area contributed by atoms with Gasteiger partial charge in [-0.1, -0.05) is 63.3 Å². The molecule has 4 nitrogen and oxygen atoms in total. The Morgan fingerprint density at radius 1 is 1.26 bits per heavy atom. The van der Waals surface area contributed by atoms with Gasteiger partial charge in [0, 0.05) is 20.0 Å². The van der Waals surface area contributed by atoms with Crippen molar-refractivity contribution < 1.29 is 23.4 Å². The number of thioether (sulfide) groups is 1. The van der Waals surface area contributed by atoms with Crippen LogP contribution in [0.3, 0.4) is 0 Å². The van der Waals surface area contributed by atoms with Gasteiger partial charge in [-0.25, -0.2) is 8.78 Å². The van der Waals surface area contributed by atoms with Gasteiger partial charge < -0.3 is 14.7 Å². The van der Waals surface area contributed by atoms with Gasteiger partial charge in [-0.2, -0.15) is 0 Å². The third-order valence-electron chi connectivity index (χ3n) is 6.55. The van der Waals surface area contributed by atoms with E-state index in [1.54, 1.807) is 12.3 Å². The van der Waals surface area contributed by atoms with Crippen molar-refractivity contribution >= 4 is 23.3 Å². The fourth-order valence-electron chi connectivity index (χ4n) is 4.59. The third kappa shape index (κ3) is 11.3. The summed E-state index contributed by atoms with van der Waals surface area (Å²) in [5.74, 6) is -2.90. The number of hydrogen-bond donors (Lipinski definition) is 1. The summed E-state index contributed by atoms with van der Waals surface area (Å²) in [7, 11) is 0. The zero-order valence-corrected chi connectivity index (χ0v) is 25.7. The van der Waals surface area contributed by atoms with Gasteiger partial charge in [-0.15, -0.1) is 11.8 Å². The Morgan fingerprint density at radius 2 is 1.90 bits per heavy atom. The van der Waals surface area contributed by atoms with Crippen LogP contribution in [0.1, 0.15) is 66.9 Å². The molecule has 1 N–H and O–H groups in total. The first-order chi connectivity index (χ1) is 18.5. The Bertz CT molecular complexity index is 1030. The monoisotopic (exact) mass is 563 g/mol. The van der Waals surface area contributed by atoms with E-state index in [1.807, 2.05) is 71.0 Å². The van der Waals surface area contributed by atoms with Crippen molar-refractivity contribution in [2.24, 2.45) is 11.8 Å². The normalized spacial score (nSPS) is 18.7. The standard InChI is InChI=1S/C30H41F2NO3S.C2H6/c1-7-23(18-33-15-14-25(19-33)29(34)35)17-22(4)27(8-2)36-20-21(3)16-26(24-12-10-9-11-13-24)28(37-6)30(5,31)32;1-2/h8-13,16-17,23,25H,7,14-15,18-20H2,1-6H3,(H,34,35);1-2H3/b21-16+,22-17-,27-8+,28-26+;. The molecule has 2 atom stereocenters. The Labute approximate surface area is 238 Å². The molecule has 1 aliphatic heterocycles. The summed E-state index contributed by atoms with van der Waals surface area (Å²) in [4.78, 5) is 13.5. The van der Waals surface area contributed by atoms with Crippen LogP contribution < -0.4 is 0 Å². The summed E-state index contributed by atoms with van der Waals surface area (Å²) >= 11 is 1.07. The third-order valence-corrected chi connectivity index (χ3v) is 7.54. The maximum absolute atomic E-state index is 14.4. The Hall–Kier alpha value is -2.38. The van der Waals surface area contributed by atoms with E-state index < -0.39 is 11.9 Å². The van der Waals surface area contributed by atoms with E-state index in [1.165, 1.54) is 0 Å². The molecule has 1 aromatic carbocycles. The summed E-state index contributed by atoms with van der Waals surface area (Å²) in [6.45, 7) is 15.4. The highest BCUT2D eigenvalue weighted by atomic mass is 32.2. The van der Waals surface area contributed by atoms with Crippen molar-refractivity contribution in [1.82, 2.24) is 4.90 Å². The van der Waals surface area contributed by atoms with Crippen LogP contribution in [0.5, 0.6) is 0 Å². The number of carbonyl (C=O) groups is 1.